The lowest BCUT2D eigenvalue weighted by atomic mass is 10.1. The van der Waals surface area contributed by atoms with Crippen molar-refractivity contribution in [2.24, 2.45) is 0 Å². The van der Waals surface area contributed by atoms with Crippen LogP contribution in [0.3, 0.4) is 0 Å². The van der Waals surface area contributed by atoms with Gasteiger partial charge >= 0.3 is 33.6 Å². The van der Waals surface area contributed by atoms with Crippen molar-refractivity contribution in [2.45, 2.75) is 270 Å². The van der Waals surface area contributed by atoms with E-state index in [0.29, 0.717) is 19.3 Å². The molecule has 4 N–H and O–H groups in total. The average molecular weight is 1370 g/mol. The Kier molecular flexibility index (Phi) is 65.6. The van der Waals surface area contributed by atoms with Crippen molar-refractivity contribution in [3.63, 3.8) is 0 Å². The first kappa shape index (κ1) is 90.2. The van der Waals surface area contributed by atoms with E-state index in [0.717, 1.165) is 193 Å². The van der Waals surface area contributed by atoms with Gasteiger partial charge in [0, 0.05) is 19.3 Å². The number of phosphoric acid groups is 2. The van der Waals surface area contributed by atoms with Crippen LogP contribution in [-0.4, -0.2) is 95.9 Å². The first-order valence-electron chi connectivity index (χ1n) is 35.8. The van der Waals surface area contributed by atoms with Crippen LogP contribution in [0, 0.1) is 0 Å². The zero-order valence-electron chi connectivity index (χ0n) is 58.5. The van der Waals surface area contributed by atoms with Gasteiger partial charge in [0.15, 0.2) is 6.10 Å². The summed E-state index contributed by atoms with van der Waals surface area (Å²) in [6, 6.07) is 0. The number of aliphatic hydroxyl groups excluding tert-OH is 2. The van der Waals surface area contributed by atoms with E-state index in [-0.39, 0.29) is 19.3 Å². The van der Waals surface area contributed by atoms with Crippen LogP contribution in [0.2, 0.25) is 0 Å². The van der Waals surface area contributed by atoms with E-state index >= 15 is 0 Å². The van der Waals surface area contributed by atoms with Crippen LogP contribution in [0.5, 0.6) is 0 Å². The zero-order chi connectivity index (χ0) is 69.5. The molecule has 0 radical (unpaired) electrons. The Morgan fingerprint density at radius 1 is 0.295 bits per heavy atom. The molecular formula is C77H126O16P2. The maximum atomic E-state index is 12.9. The highest BCUT2D eigenvalue weighted by Gasteiger charge is 2.29. The second-order valence-electron chi connectivity index (χ2n) is 23.2. The average Bonchev–Trinajstić information content (AvgIpc) is 1.93. The molecule has 0 aliphatic rings. The third kappa shape index (κ3) is 70.3. The molecule has 0 aliphatic heterocycles. The van der Waals surface area contributed by atoms with E-state index in [2.05, 4.69) is 179 Å². The zero-order valence-corrected chi connectivity index (χ0v) is 60.3. The van der Waals surface area contributed by atoms with E-state index in [9.17, 15) is 43.5 Å². The van der Waals surface area contributed by atoms with Crippen molar-refractivity contribution < 1.29 is 75.8 Å². The van der Waals surface area contributed by atoms with Gasteiger partial charge in [-0.15, -0.1) is 0 Å². The molecule has 540 valence electrons. The Bertz CT molecular complexity index is 2360. The minimum atomic E-state index is -4.94. The molecule has 5 atom stereocenters. The maximum Gasteiger partial charge on any atom is 0.472 e. The summed E-state index contributed by atoms with van der Waals surface area (Å²) in [6.45, 7) is 2.25. The molecule has 0 saturated heterocycles. The van der Waals surface area contributed by atoms with Crippen LogP contribution in [-0.2, 0) is 55.8 Å². The predicted octanol–water partition coefficient (Wildman–Crippen LogP) is 20.3. The summed E-state index contributed by atoms with van der Waals surface area (Å²) in [5, 5.41) is 20.6. The normalized spacial score (nSPS) is 15.1. The van der Waals surface area contributed by atoms with E-state index in [1.54, 1.807) is 0 Å². The van der Waals surface area contributed by atoms with Crippen LogP contribution in [0.1, 0.15) is 252 Å². The second kappa shape index (κ2) is 69.1. The highest BCUT2D eigenvalue weighted by Crippen LogP contribution is 2.45. The highest BCUT2D eigenvalue weighted by molar-refractivity contribution is 7.47. The Balaban J connectivity index is 4.69. The van der Waals surface area contributed by atoms with Crippen LogP contribution in [0.4, 0.5) is 0 Å². The number of unbranched alkanes of at least 4 members (excludes halogenated alkanes) is 17. The van der Waals surface area contributed by atoms with Crippen LogP contribution in [0.25, 0.3) is 0 Å². The molecule has 16 nitrogen and oxygen atoms in total. The van der Waals surface area contributed by atoms with Crippen molar-refractivity contribution in [3.05, 3.63) is 158 Å². The number of phosphoric ester groups is 2. The Morgan fingerprint density at radius 2 is 0.526 bits per heavy atom. The number of rotatable bonds is 66. The van der Waals surface area contributed by atoms with Gasteiger partial charge in [0.25, 0.3) is 0 Å². The molecule has 0 heterocycles. The van der Waals surface area contributed by atoms with Gasteiger partial charge in [-0.25, -0.2) is 9.13 Å². The van der Waals surface area contributed by atoms with Crippen LogP contribution in [0.15, 0.2) is 158 Å². The lowest BCUT2D eigenvalue weighted by molar-refractivity contribution is -0.161. The van der Waals surface area contributed by atoms with E-state index < -0.39 is 91.5 Å². The van der Waals surface area contributed by atoms with E-state index in [4.69, 9.17) is 32.3 Å². The third-order valence-electron chi connectivity index (χ3n) is 14.2. The van der Waals surface area contributed by atoms with Gasteiger partial charge in [-0.05, 0) is 141 Å². The molecule has 0 amide bonds. The van der Waals surface area contributed by atoms with Gasteiger partial charge in [0.1, 0.15) is 25.4 Å². The Labute approximate surface area is 574 Å². The lowest BCUT2D eigenvalue weighted by Gasteiger charge is -2.21. The van der Waals surface area contributed by atoms with Gasteiger partial charge in [0.2, 0.25) is 0 Å². The molecule has 18 heteroatoms. The van der Waals surface area contributed by atoms with Gasteiger partial charge < -0.3 is 34.2 Å². The largest absolute Gasteiger partial charge is 0.472 e. The topological polar surface area (TPSA) is 231 Å². The number of allylic oxidation sites excluding steroid dienone is 26. The molecule has 0 aromatic rings. The second-order valence-corrected chi connectivity index (χ2v) is 26.1. The first-order valence-corrected chi connectivity index (χ1v) is 38.8. The quantitative estimate of drug-likeness (QED) is 0.0146. The fraction of sp³-hybridized carbons (Fsp3) is 0.623. The monoisotopic (exact) mass is 1370 g/mol. The van der Waals surface area contributed by atoms with Gasteiger partial charge in [-0.1, -0.05) is 249 Å². The molecule has 0 bridgehead atoms. The van der Waals surface area contributed by atoms with E-state index in [1.807, 2.05) is 0 Å². The van der Waals surface area contributed by atoms with Crippen LogP contribution < -0.4 is 0 Å². The highest BCUT2D eigenvalue weighted by atomic mass is 31.2. The standard InChI is InChI=1S/C77H126O16P2/c1-4-7-10-13-16-19-22-25-28-30-32-34-35-37-39-40-43-45-48-51-54-57-60-63-75(80)87-66-72(78)67-89-94(83,84)90-68-73(79)69-91-95(85,86)92-71-74(93-77(82)65-62-59-56-53-50-47-42-27-24-21-18-15-12-9-6-3)70-88-76(81)64-61-58-55-52-49-46-44-41-38-36-33-31-29-26-23-20-17-14-11-8-5-2/h7-12,16-21,25-29,32-34,36-37,39,41-42,44,72-74,78-79H,4-6,13-15,22-24,30-31,35,38,40,43,45-71H2,1-3H3,(H,83,84)(H,85,86)/b10-7-,11-8-,12-9-,19-16-,20-17-,21-18-,28-25-,29-26-,34-32-,36-33-,39-37-,42-27-,44-41-. The fourth-order valence-corrected chi connectivity index (χ4v) is 10.5. The number of hydrogen-bond acceptors (Lipinski definition) is 14. The summed E-state index contributed by atoms with van der Waals surface area (Å²) >= 11 is 0. The van der Waals surface area contributed by atoms with Crippen LogP contribution >= 0.6 is 15.6 Å². The molecule has 0 saturated carbocycles. The number of carbonyl (C=O) groups excluding carboxylic acids is 3. The number of ether oxygens (including phenoxy) is 3. The molecule has 5 unspecified atom stereocenters. The molecule has 95 heavy (non-hydrogen) atoms. The minimum absolute atomic E-state index is 0.0745. The Hall–Kier alpha value is -4.83. The van der Waals surface area contributed by atoms with Gasteiger partial charge in [-0.2, -0.15) is 0 Å². The molecule has 0 aromatic carbocycles. The smallest absolute Gasteiger partial charge is 0.463 e. The molecular weight excluding hydrogens is 1240 g/mol. The maximum absolute atomic E-state index is 12.9. The summed E-state index contributed by atoms with van der Waals surface area (Å²) in [5.41, 5.74) is 0. The number of hydrogen-bond donors (Lipinski definition) is 4. The molecule has 0 spiro atoms. The molecule has 0 aliphatic carbocycles. The minimum Gasteiger partial charge on any atom is -0.463 e. The van der Waals surface area contributed by atoms with Crippen molar-refractivity contribution in [1.82, 2.24) is 0 Å². The summed E-state index contributed by atoms with van der Waals surface area (Å²) in [4.78, 5) is 58.5. The van der Waals surface area contributed by atoms with Crippen molar-refractivity contribution in [2.75, 3.05) is 39.6 Å². The summed E-state index contributed by atoms with van der Waals surface area (Å²) in [6.07, 6.45) is 84.3. The predicted molar refractivity (Wildman–Crippen MR) is 389 cm³/mol. The molecule has 0 aromatic heterocycles. The molecule has 0 rings (SSSR count). The summed E-state index contributed by atoms with van der Waals surface area (Å²) < 4.78 is 61.0. The number of esters is 3. The third-order valence-corrected chi connectivity index (χ3v) is 16.1. The Morgan fingerprint density at radius 3 is 0.832 bits per heavy atom. The van der Waals surface area contributed by atoms with Crippen molar-refractivity contribution in [1.29, 1.82) is 0 Å². The van der Waals surface area contributed by atoms with Gasteiger partial charge in [-0.3, -0.25) is 32.5 Å². The van der Waals surface area contributed by atoms with Gasteiger partial charge in [0.05, 0.1) is 26.4 Å². The first-order chi connectivity index (χ1) is 46.2. The summed E-state index contributed by atoms with van der Waals surface area (Å²) in [5.74, 6) is -1.64. The number of carbonyl (C=O) groups is 3. The fourth-order valence-electron chi connectivity index (χ4n) is 8.87. The summed E-state index contributed by atoms with van der Waals surface area (Å²) in [7, 11) is -9.81. The van der Waals surface area contributed by atoms with E-state index in [1.165, 1.54) is 0 Å². The van der Waals surface area contributed by atoms with Crippen molar-refractivity contribution in [3.8, 4) is 0 Å². The molecule has 0 fully saturated rings. The lowest BCUT2D eigenvalue weighted by Crippen LogP contribution is -2.30. The number of aliphatic hydroxyl groups is 2. The van der Waals surface area contributed by atoms with Crippen molar-refractivity contribution >= 4 is 33.6 Å². The SMILES string of the molecule is CC/C=C\C/C=C\C/C=C\C/C=C\C/C=C\CCCCCCCCCC(=O)OCC(O)COP(=O)(O)OCC(O)COP(=O)(O)OCC(COC(=O)CCCCCCC/C=C\C/C=C\C/C=C\C/C=C\C/C=C\CC)OC(=O)CCCCCCC/C=C\C/C=C\C/C=C\CC.